The van der Waals surface area contributed by atoms with Crippen molar-refractivity contribution in [1.82, 2.24) is 9.80 Å². The number of likely N-dealkylation sites (N-methyl/N-ethyl adjacent to an activating group) is 2. The fourth-order valence-corrected chi connectivity index (χ4v) is 14.8. The van der Waals surface area contributed by atoms with E-state index >= 15 is 4.39 Å². The second kappa shape index (κ2) is 22.8. The standard InChI is InChI=1S/C56H91FN2O15/c1-15-42-55(11,68)47(64)34(7)59(14)28-29(2)26-54(10,67)48(32(5)45(63)33(6)49(65)72-42)74-50-46(40(58(12)13)23-31(4)71-50)73-43(62)18-16-17-21-70-51(66)56(69)30(3)22-37-36-25-39(57)38-24-35(60)19-20-52(38,8)44(36)41(61)27-53(37,56)9/h19-20,24,29-34,36-37,39-42,44-48,50,61,63-64,67-69H,15-18,21-23,25-28H2,1-14H3/t29-,30-,31-,32+,33-,34-,36?,37?,39+,40-,41+,42-,44?,45+,46-,47-,48-,50+,52+,53+,54-,55-,56+/m1/s1. The van der Waals surface area contributed by atoms with E-state index in [4.69, 9.17) is 23.7 Å². The number of nitrogens with zero attached hydrogens (tertiary/aromatic N) is 2. The van der Waals surface area contributed by atoms with E-state index in [-0.39, 0.29) is 81.2 Å². The Kier molecular flexibility index (Phi) is 18.6. The van der Waals surface area contributed by atoms with E-state index < -0.39 is 130 Å². The number of cyclic esters (lactones) is 1. The number of aliphatic hydroxyl groups excluding tert-OH is 3. The van der Waals surface area contributed by atoms with Gasteiger partial charge in [-0.2, -0.15) is 0 Å². The van der Waals surface area contributed by atoms with E-state index in [1.165, 1.54) is 26.0 Å². The van der Waals surface area contributed by atoms with Gasteiger partial charge < -0.3 is 64.1 Å². The first-order valence-corrected chi connectivity index (χ1v) is 27.3. The third-order valence-corrected chi connectivity index (χ3v) is 19.1. The van der Waals surface area contributed by atoms with Crippen molar-refractivity contribution < 1.29 is 77.9 Å². The Morgan fingerprint density at radius 3 is 2.24 bits per heavy atom. The van der Waals surface area contributed by atoms with Gasteiger partial charge in [-0.15, -0.1) is 0 Å². The Morgan fingerprint density at radius 1 is 0.946 bits per heavy atom. The number of hydrogen-bond acceptors (Lipinski definition) is 17. The zero-order valence-electron chi connectivity index (χ0n) is 46.5. The largest absolute Gasteiger partial charge is 0.464 e. The van der Waals surface area contributed by atoms with Gasteiger partial charge in [-0.05, 0) is 149 Å². The van der Waals surface area contributed by atoms with Gasteiger partial charge >= 0.3 is 17.9 Å². The topological polar surface area (TPSA) is 242 Å². The van der Waals surface area contributed by atoms with E-state index in [9.17, 15) is 49.8 Å². The molecule has 0 amide bonds. The molecule has 3 unspecified atom stereocenters. The molecule has 6 aliphatic rings. The highest BCUT2D eigenvalue weighted by Crippen LogP contribution is 2.68. The molecular formula is C56H91FN2O15. The molecule has 6 rings (SSSR count). The van der Waals surface area contributed by atoms with E-state index in [1.807, 2.05) is 44.7 Å². The second-order valence-corrected chi connectivity index (χ2v) is 24.9. The maximum Gasteiger partial charge on any atom is 0.338 e. The molecule has 5 fully saturated rings. The summed E-state index contributed by atoms with van der Waals surface area (Å²) in [5.74, 6) is -6.46. The number of hydrogen-bond donors (Lipinski definition) is 6. The molecule has 17 nitrogen and oxygen atoms in total. The molecule has 2 aliphatic heterocycles. The smallest absolute Gasteiger partial charge is 0.338 e. The average molecular weight is 1050 g/mol. The fourth-order valence-electron chi connectivity index (χ4n) is 14.8. The van der Waals surface area contributed by atoms with Crippen molar-refractivity contribution >= 4 is 23.7 Å². The lowest BCUT2D eigenvalue weighted by molar-refractivity contribution is -0.301. The van der Waals surface area contributed by atoms with Crippen LogP contribution >= 0.6 is 0 Å². The molecular weight excluding hydrogens is 960 g/mol. The number of fused-ring (bicyclic) bond motifs is 5. The number of esters is 3. The number of aliphatic hydroxyl groups is 6. The van der Waals surface area contributed by atoms with Gasteiger partial charge in [0.05, 0.1) is 48.6 Å². The number of ether oxygens (including phenoxy) is 5. The van der Waals surface area contributed by atoms with Crippen molar-refractivity contribution in [2.24, 2.45) is 52.3 Å². The van der Waals surface area contributed by atoms with Crippen molar-refractivity contribution in [3.63, 3.8) is 0 Å². The molecule has 2 saturated heterocycles. The van der Waals surface area contributed by atoms with Crippen LogP contribution in [0, 0.1) is 52.3 Å². The lowest BCUT2D eigenvalue weighted by Crippen LogP contribution is -2.63. The van der Waals surface area contributed by atoms with Crippen LogP contribution in [0.4, 0.5) is 4.39 Å². The fraction of sp³-hybridized carbons (Fsp3) is 0.857. The number of carbonyl (C=O) groups is 4. The van der Waals surface area contributed by atoms with Gasteiger partial charge in [0.15, 0.2) is 23.8 Å². The van der Waals surface area contributed by atoms with Crippen LogP contribution < -0.4 is 0 Å². The van der Waals surface area contributed by atoms with Gasteiger partial charge in [-0.1, -0.05) is 47.6 Å². The molecule has 0 aromatic heterocycles. The minimum atomic E-state index is -1.97. The van der Waals surface area contributed by atoms with Crippen LogP contribution in [0.3, 0.4) is 0 Å². The summed E-state index contributed by atoms with van der Waals surface area (Å²) in [6.07, 6.45) is -3.82. The highest BCUT2D eigenvalue weighted by Gasteiger charge is 2.72. The van der Waals surface area contributed by atoms with Gasteiger partial charge in [0.25, 0.3) is 0 Å². The Balaban J connectivity index is 1.13. The summed E-state index contributed by atoms with van der Waals surface area (Å²) in [6, 6.07) is -0.996. The Morgan fingerprint density at radius 2 is 1.61 bits per heavy atom. The normalized spacial score (nSPS) is 47.6. The maximum atomic E-state index is 15.9. The summed E-state index contributed by atoms with van der Waals surface area (Å²) in [7, 11) is 5.49. The van der Waals surface area contributed by atoms with Gasteiger partial charge in [0.2, 0.25) is 0 Å². The molecule has 2 heterocycles. The molecule has 0 aromatic carbocycles. The summed E-state index contributed by atoms with van der Waals surface area (Å²) < 4.78 is 47.0. The molecule has 4 aliphatic carbocycles. The predicted octanol–water partition coefficient (Wildman–Crippen LogP) is 4.44. The minimum absolute atomic E-state index is 0.0726. The zero-order chi connectivity index (χ0) is 55.4. The van der Waals surface area contributed by atoms with Crippen LogP contribution in [-0.2, 0) is 42.9 Å². The van der Waals surface area contributed by atoms with E-state index in [1.54, 1.807) is 54.7 Å². The molecule has 23 atom stereocenters. The molecule has 6 N–H and O–H groups in total. The van der Waals surface area contributed by atoms with Crippen molar-refractivity contribution in [2.75, 3.05) is 34.3 Å². The molecule has 0 spiro atoms. The molecule has 0 bridgehead atoms. The average Bonchev–Trinajstić information content (AvgIpc) is 3.52. The third kappa shape index (κ3) is 11.3. The van der Waals surface area contributed by atoms with Crippen molar-refractivity contribution in [2.45, 2.75) is 218 Å². The molecule has 422 valence electrons. The molecule has 3 saturated carbocycles. The molecule has 0 radical (unpaired) electrons. The quantitative estimate of drug-likeness (QED) is 0.0952. The summed E-state index contributed by atoms with van der Waals surface area (Å²) in [6.45, 7) is 19.2. The predicted molar refractivity (Wildman–Crippen MR) is 271 cm³/mol. The summed E-state index contributed by atoms with van der Waals surface area (Å²) in [5, 5.41) is 71.6. The van der Waals surface area contributed by atoms with Gasteiger partial charge in [-0.3, -0.25) is 14.4 Å². The summed E-state index contributed by atoms with van der Waals surface area (Å²) >= 11 is 0. The SMILES string of the molecule is CC[C@H]1OC(=O)[C@H](C)[C@@H](O)[C@H](C)[C@@H](O[C@@H]2O[C@H](C)C[C@@H](N(C)C)[C@H]2OC(=O)CCCCOC(=O)[C@@]2(O)[C@H](C)CC3C4C[C@H](F)C5=CC(=O)C=C[C@]5(C)C4[C@@H](O)C[C@@]32C)[C@](C)(O)C[C@@H](C)CN(C)[C@H](C)[C@@H](O)[C@]1(C)O. The first-order chi connectivity index (χ1) is 34.3. The Labute approximate surface area is 438 Å². The van der Waals surface area contributed by atoms with Crippen molar-refractivity contribution in [3.8, 4) is 0 Å². The number of rotatable bonds is 11. The third-order valence-electron chi connectivity index (χ3n) is 19.1. The van der Waals surface area contributed by atoms with Gasteiger partial charge in [0, 0.05) is 41.7 Å². The Bertz CT molecular complexity index is 2090. The van der Waals surface area contributed by atoms with Crippen molar-refractivity contribution in [3.05, 3.63) is 23.8 Å². The summed E-state index contributed by atoms with van der Waals surface area (Å²) in [4.78, 5) is 57.7. The molecule has 18 heteroatoms. The number of allylic oxidation sites excluding steroid dienone is 4. The van der Waals surface area contributed by atoms with E-state index in [0.717, 1.165) is 0 Å². The minimum Gasteiger partial charge on any atom is -0.464 e. The first-order valence-electron chi connectivity index (χ1n) is 27.3. The van der Waals surface area contributed by atoms with Crippen LogP contribution in [0.25, 0.3) is 0 Å². The number of unbranched alkanes of at least 4 members (excludes halogenated alkanes) is 1. The maximum absolute atomic E-state index is 15.9. The second-order valence-electron chi connectivity index (χ2n) is 24.9. The highest BCUT2D eigenvalue weighted by molar-refractivity contribution is 6.01. The lowest BCUT2D eigenvalue weighted by atomic mass is 9.46. The number of halogens is 1. The van der Waals surface area contributed by atoms with E-state index in [2.05, 4.69) is 0 Å². The highest BCUT2D eigenvalue weighted by atomic mass is 19.1. The number of alkyl halides is 1. The lowest BCUT2D eigenvalue weighted by Gasteiger charge is -2.59. The monoisotopic (exact) mass is 1050 g/mol. The van der Waals surface area contributed by atoms with Crippen LogP contribution in [0.5, 0.6) is 0 Å². The van der Waals surface area contributed by atoms with Crippen LogP contribution in [-0.4, -0.2) is 183 Å². The molecule has 0 aromatic rings. The van der Waals surface area contributed by atoms with E-state index in [0.29, 0.717) is 25.0 Å². The Hall–Kier alpha value is -2.91. The van der Waals surface area contributed by atoms with Crippen LogP contribution in [0.15, 0.2) is 23.8 Å². The first kappa shape index (κ1) is 60.3. The number of carbonyl (C=O) groups excluding carboxylic acids is 4. The van der Waals surface area contributed by atoms with Gasteiger partial charge in [0.1, 0.15) is 24.0 Å². The summed E-state index contributed by atoms with van der Waals surface area (Å²) in [5.41, 5.74) is -7.12. The molecule has 74 heavy (non-hydrogen) atoms. The van der Waals surface area contributed by atoms with Gasteiger partial charge in [-0.25, -0.2) is 9.18 Å². The van der Waals surface area contributed by atoms with Crippen LogP contribution in [0.1, 0.15) is 134 Å². The zero-order valence-corrected chi connectivity index (χ0v) is 46.5. The van der Waals surface area contributed by atoms with Crippen molar-refractivity contribution in [1.29, 1.82) is 0 Å². The van der Waals surface area contributed by atoms with Crippen LogP contribution in [0.2, 0.25) is 0 Å². The number of ketones is 1.